The summed E-state index contributed by atoms with van der Waals surface area (Å²) in [6.07, 6.45) is 2.61. The van der Waals surface area contributed by atoms with E-state index < -0.39 is 0 Å². The fraction of sp³-hybridized carbons (Fsp3) is 0.714. The van der Waals surface area contributed by atoms with Crippen molar-refractivity contribution < 1.29 is 9.59 Å². The Morgan fingerprint density at radius 1 is 1.73 bits per heavy atom. The van der Waals surface area contributed by atoms with Gasteiger partial charge < -0.3 is 15.4 Å². The van der Waals surface area contributed by atoms with Crippen LogP contribution in [-0.4, -0.2) is 31.3 Å². The maximum Gasteiger partial charge on any atom is 0.237 e. The third-order valence-corrected chi connectivity index (χ3v) is 1.74. The van der Waals surface area contributed by atoms with Gasteiger partial charge in [-0.25, -0.2) is 0 Å². The molecule has 1 saturated heterocycles. The van der Waals surface area contributed by atoms with E-state index in [0.29, 0.717) is 6.29 Å². The zero-order valence-electron chi connectivity index (χ0n) is 6.30. The summed E-state index contributed by atoms with van der Waals surface area (Å²) < 4.78 is 0. The largest absolute Gasteiger partial charge is 0.348 e. The van der Waals surface area contributed by atoms with Crippen molar-refractivity contribution in [2.24, 2.45) is 0 Å². The van der Waals surface area contributed by atoms with Crippen LogP contribution in [0.2, 0.25) is 0 Å². The predicted molar refractivity (Wildman–Crippen MR) is 40.1 cm³/mol. The van der Waals surface area contributed by atoms with Crippen molar-refractivity contribution in [1.82, 2.24) is 10.6 Å². The van der Waals surface area contributed by atoms with Crippen LogP contribution in [0.4, 0.5) is 0 Å². The van der Waals surface area contributed by atoms with Gasteiger partial charge in [-0.3, -0.25) is 4.79 Å². The molecule has 1 unspecified atom stereocenters. The summed E-state index contributed by atoms with van der Waals surface area (Å²) in [6.45, 7) is 1.02. The average molecular weight is 156 g/mol. The summed E-state index contributed by atoms with van der Waals surface area (Å²) in [5.41, 5.74) is 0. The fourth-order valence-corrected chi connectivity index (χ4v) is 1.17. The molecule has 0 aromatic carbocycles. The molecule has 11 heavy (non-hydrogen) atoms. The van der Waals surface area contributed by atoms with E-state index in [1.165, 1.54) is 0 Å². The van der Waals surface area contributed by atoms with Crippen LogP contribution in [0, 0.1) is 0 Å². The van der Waals surface area contributed by atoms with Gasteiger partial charge in [0.05, 0.1) is 12.6 Å². The Morgan fingerprint density at radius 3 is 3.09 bits per heavy atom. The molecular formula is C7H12N2O2. The normalized spacial score (nSPS) is 23.1. The van der Waals surface area contributed by atoms with Crippen molar-refractivity contribution >= 4 is 12.2 Å². The van der Waals surface area contributed by atoms with Gasteiger partial charge in [0.25, 0.3) is 0 Å². The van der Waals surface area contributed by atoms with Crippen LogP contribution in [0.5, 0.6) is 0 Å². The van der Waals surface area contributed by atoms with Crippen molar-refractivity contribution in [1.29, 1.82) is 0 Å². The average Bonchev–Trinajstić information content (AvgIpc) is 2.52. The number of hydrogen-bond acceptors (Lipinski definition) is 3. The molecule has 2 N–H and O–H groups in total. The second-order valence-electron chi connectivity index (χ2n) is 2.56. The highest BCUT2D eigenvalue weighted by molar-refractivity contribution is 5.83. The summed E-state index contributed by atoms with van der Waals surface area (Å²) in [7, 11) is 0. The highest BCUT2D eigenvalue weighted by Crippen LogP contribution is 2.03. The van der Waals surface area contributed by atoms with Crippen LogP contribution >= 0.6 is 0 Å². The molecule has 1 amide bonds. The van der Waals surface area contributed by atoms with E-state index in [1.807, 2.05) is 0 Å². The lowest BCUT2D eigenvalue weighted by Crippen LogP contribution is -2.40. The van der Waals surface area contributed by atoms with E-state index in [4.69, 9.17) is 0 Å². The Hall–Kier alpha value is -0.900. The second kappa shape index (κ2) is 4.08. The van der Waals surface area contributed by atoms with Gasteiger partial charge in [0.1, 0.15) is 6.29 Å². The van der Waals surface area contributed by atoms with Crippen molar-refractivity contribution in [2.45, 2.75) is 18.9 Å². The van der Waals surface area contributed by atoms with Crippen LogP contribution in [0.25, 0.3) is 0 Å². The molecule has 0 spiro atoms. The van der Waals surface area contributed by atoms with Crippen molar-refractivity contribution in [2.75, 3.05) is 13.1 Å². The van der Waals surface area contributed by atoms with Gasteiger partial charge in [0, 0.05) is 0 Å². The molecule has 4 heteroatoms. The number of carbonyl (C=O) groups excluding carboxylic acids is 2. The van der Waals surface area contributed by atoms with Gasteiger partial charge in [-0.2, -0.15) is 0 Å². The minimum Gasteiger partial charge on any atom is -0.348 e. The van der Waals surface area contributed by atoms with Gasteiger partial charge >= 0.3 is 0 Å². The summed E-state index contributed by atoms with van der Waals surface area (Å²) in [5, 5.41) is 5.54. The molecule has 0 aliphatic carbocycles. The summed E-state index contributed by atoms with van der Waals surface area (Å²) in [4.78, 5) is 21.0. The highest BCUT2D eigenvalue weighted by Gasteiger charge is 2.20. The lowest BCUT2D eigenvalue weighted by atomic mass is 10.2. The first-order chi connectivity index (χ1) is 5.34. The van der Waals surface area contributed by atoms with E-state index in [9.17, 15) is 9.59 Å². The van der Waals surface area contributed by atoms with E-state index in [2.05, 4.69) is 10.6 Å². The topological polar surface area (TPSA) is 58.2 Å². The second-order valence-corrected chi connectivity index (χ2v) is 2.56. The van der Waals surface area contributed by atoms with E-state index in [0.717, 1.165) is 19.4 Å². The Kier molecular flexibility index (Phi) is 3.04. The van der Waals surface area contributed by atoms with Gasteiger partial charge in [0.15, 0.2) is 0 Å². The Balaban J connectivity index is 2.22. The summed E-state index contributed by atoms with van der Waals surface area (Å²) >= 11 is 0. The molecule has 1 aliphatic rings. The van der Waals surface area contributed by atoms with Gasteiger partial charge in [-0.15, -0.1) is 0 Å². The maximum absolute atomic E-state index is 11.1. The van der Waals surface area contributed by atoms with E-state index in [-0.39, 0.29) is 18.5 Å². The standard InChI is InChI=1S/C7H12N2O2/c10-5-4-9-7(11)6-2-1-3-8-6/h5-6,8H,1-4H2,(H,9,11). The Labute approximate surface area is 65.3 Å². The zero-order chi connectivity index (χ0) is 8.10. The molecule has 0 saturated carbocycles. The molecule has 62 valence electrons. The number of amides is 1. The molecule has 1 aliphatic heterocycles. The first-order valence-electron chi connectivity index (χ1n) is 3.79. The summed E-state index contributed by atoms with van der Waals surface area (Å²) in [5.74, 6) is -0.0606. The molecule has 4 nitrogen and oxygen atoms in total. The molecule has 0 radical (unpaired) electrons. The lowest BCUT2D eigenvalue weighted by Gasteiger charge is -2.07. The molecule has 0 bridgehead atoms. The Morgan fingerprint density at radius 2 is 2.55 bits per heavy atom. The molecule has 0 aromatic rings. The van der Waals surface area contributed by atoms with Crippen LogP contribution < -0.4 is 10.6 Å². The third-order valence-electron chi connectivity index (χ3n) is 1.74. The van der Waals surface area contributed by atoms with Crippen molar-refractivity contribution in [3.63, 3.8) is 0 Å². The van der Waals surface area contributed by atoms with Crippen LogP contribution in [0.1, 0.15) is 12.8 Å². The Bertz CT molecular complexity index is 153. The monoisotopic (exact) mass is 156 g/mol. The fourth-order valence-electron chi connectivity index (χ4n) is 1.17. The maximum atomic E-state index is 11.1. The molecule has 0 aromatic heterocycles. The smallest absolute Gasteiger partial charge is 0.237 e. The minimum atomic E-state index is -0.0741. The number of rotatable bonds is 3. The third kappa shape index (κ3) is 2.31. The zero-order valence-corrected chi connectivity index (χ0v) is 6.30. The lowest BCUT2D eigenvalue weighted by molar-refractivity contribution is -0.124. The predicted octanol–water partition coefficient (Wildman–Crippen LogP) is -0.947. The molecule has 1 rings (SSSR count). The number of aldehydes is 1. The molecule has 1 fully saturated rings. The van der Waals surface area contributed by atoms with Crippen molar-refractivity contribution in [3.8, 4) is 0 Å². The SMILES string of the molecule is O=CCNC(=O)C1CCCN1. The molecular weight excluding hydrogens is 144 g/mol. The number of hydrogen-bond donors (Lipinski definition) is 2. The first kappa shape index (κ1) is 8.20. The molecule has 1 heterocycles. The van der Waals surface area contributed by atoms with Crippen LogP contribution in [0.3, 0.4) is 0 Å². The van der Waals surface area contributed by atoms with Crippen LogP contribution in [-0.2, 0) is 9.59 Å². The minimum absolute atomic E-state index is 0.0606. The van der Waals surface area contributed by atoms with Crippen LogP contribution in [0.15, 0.2) is 0 Å². The number of nitrogens with one attached hydrogen (secondary N) is 2. The quantitative estimate of drug-likeness (QED) is 0.518. The van der Waals surface area contributed by atoms with E-state index >= 15 is 0 Å². The van der Waals surface area contributed by atoms with Gasteiger partial charge in [0.2, 0.25) is 5.91 Å². The van der Waals surface area contributed by atoms with Gasteiger partial charge in [-0.1, -0.05) is 0 Å². The van der Waals surface area contributed by atoms with Crippen molar-refractivity contribution in [3.05, 3.63) is 0 Å². The molecule has 1 atom stereocenters. The summed E-state index contributed by atoms with van der Waals surface area (Å²) in [6, 6.07) is -0.0741. The van der Waals surface area contributed by atoms with Gasteiger partial charge in [-0.05, 0) is 19.4 Å². The highest BCUT2D eigenvalue weighted by atomic mass is 16.2. The van der Waals surface area contributed by atoms with E-state index in [1.54, 1.807) is 0 Å². The number of carbonyl (C=O) groups is 2. The first-order valence-corrected chi connectivity index (χ1v) is 3.79.